The summed E-state index contributed by atoms with van der Waals surface area (Å²) in [5.74, 6) is -0.290. The fourth-order valence-corrected chi connectivity index (χ4v) is 2.89. The predicted molar refractivity (Wildman–Crippen MR) is 83.2 cm³/mol. The van der Waals surface area contributed by atoms with Crippen molar-refractivity contribution in [3.05, 3.63) is 80.7 Å². The lowest BCUT2D eigenvalue weighted by molar-refractivity contribution is 0.0938. The van der Waals surface area contributed by atoms with Gasteiger partial charge in [-0.15, -0.1) is 0 Å². The third-order valence-electron chi connectivity index (χ3n) is 3.81. The van der Waals surface area contributed by atoms with Crippen molar-refractivity contribution in [2.45, 2.75) is 6.04 Å². The van der Waals surface area contributed by atoms with Crippen molar-refractivity contribution in [1.29, 1.82) is 0 Å². The molecule has 0 aliphatic carbocycles. The van der Waals surface area contributed by atoms with Crippen LogP contribution in [0, 0.1) is 0 Å². The summed E-state index contributed by atoms with van der Waals surface area (Å²) in [6.07, 6.45) is 0. The van der Waals surface area contributed by atoms with Gasteiger partial charge in [-0.25, -0.2) is 0 Å². The van der Waals surface area contributed by atoms with E-state index in [4.69, 9.17) is 16.0 Å². The van der Waals surface area contributed by atoms with E-state index in [0.29, 0.717) is 21.6 Å². The Morgan fingerprint density at radius 2 is 1.73 bits per heavy atom. The van der Waals surface area contributed by atoms with Crippen molar-refractivity contribution in [1.82, 2.24) is 5.32 Å². The summed E-state index contributed by atoms with van der Waals surface area (Å²) < 4.78 is 5.63. The van der Waals surface area contributed by atoms with E-state index in [1.54, 1.807) is 48.5 Å². The molecule has 4 nitrogen and oxygen atoms in total. The third kappa shape index (κ3) is 1.84. The SMILES string of the molecule is O=C1N[C@@H](c2ccc(Cl)cc2)c2c1oc1ccccc1c2=O. The van der Waals surface area contributed by atoms with Crippen LogP contribution < -0.4 is 10.7 Å². The molecule has 108 valence electrons. The van der Waals surface area contributed by atoms with Gasteiger partial charge in [0.15, 0.2) is 5.43 Å². The Kier molecular flexibility index (Phi) is 2.81. The fourth-order valence-electron chi connectivity index (χ4n) is 2.76. The molecule has 1 N–H and O–H groups in total. The molecule has 3 aromatic rings. The Balaban J connectivity index is 1.99. The Bertz CT molecular complexity index is 960. The largest absolute Gasteiger partial charge is 0.450 e. The maximum Gasteiger partial charge on any atom is 0.288 e. The summed E-state index contributed by atoms with van der Waals surface area (Å²) in [7, 11) is 0. The molecule has 0 saturated heterocycles. The van der Waals surface area contributed by atoms with Crippen molar-refractivity contribution in [3.63, 3.8) is 0 Å². The van der Waals surface area contributed by atoms with Crippen LogP contribution in [0.1, 0.15) is 27.7 Å². The molecule has 1 aromatic heterocycles. The molecule has 5 heteroatoms. The first kappa shape index (κ1) is 13.1. The van der Waals surface area contributed by atoms with Crippen LogP contribution in [0.15, 0.2) is 57.7 Å². The first-order chi connectivity index (χ1) is 10.6. The molecular formula is C17H10ClNO3. The minimum atomic E-state index is -0.513. The first-order valence-corrected chi connectivity index (χ1v) is 7.15. The van der Waals surface area contributed by atoms with E-state index < -0.39 is 6.04 Å². The number of para-hydroxylation sites is 1. The topological polar surface area (TPSA) is 59.3 Å². The van der Waals surface area contributed by atoms with Crippen molar-refractivity contribution in [2.75, 3.05) is 0 Å². The van der Waals surface area contributed by atoms with E-state index in [2.05, 4.69) is 5.32 Å². The molecule has 0 unspecified atom stereocenters. The van der Waals surface area contributed by atoms with Gasteiger partial charge < -0.3 is 9.73 Å². The fraction of sp³-hybridized carbons (Fsp3) is 0.0588. The van der Waals surface area contributed by atoms with Gasteiger partial charge in [-0.1, -0.05) is 35.9 Å². The number of carbonyl (C=O) groups excluding carboxylic acids is 1. The van der Waals surface area contributed by atoms with E-state index in [0.717, 1.165) is 5.56 Å². The number of halogens is 1. The lowest BCUT2D eigenvalue weighted by Gasteiger charge is -2.11. The van der Waals surface area contributed by atoms with Gasteiger partial charge in [0, 0.05) is 5.02 Å². The monoisotopic (exact) mass is 311 g/mol. The quantitative estimate of drug-likeness (QED) is 0.750. The van der Waals surface area contributed by atoms with Gasteiger partial charge in [0.2, 0.25) is 5.76 Å². The third-order valence-corrected chi connectivity index (χ3v) is 4.06. The summed E-state index contributed by atoms with van der Waals surface area (Å²) in [5.41, 5.74) is 1.37. The number of carbonyl (C=O) groups is 1. The van der Waals surface area contributed by atoms with Gasteiger partial charge in [0.05, 0.1) is 17.0 Å². The van der Waals surface area contributed by atoms with E-state index in [9.17, 15) is 9.59 Å². The molecule has 0 bridgehead atoms. The average molecular weight is 312 g/mol. The molecule has 0 radical (unpaired) electrons. The Hall–Kier alpha value is -2.59. The zero-order chi connectivity index (χ0) is 15.3. The number of amides is 1. The molecule has 4 rings (SSSR count). The molecule has 0 saturated carbocycles. The zero-order valence-corrected chi connectivity index (χ0v) is 12.1. The number of rotatable bonds is 1. The standard InChI is InChI=1S/C17H10ClNO3/c18-10-7-5-9(6-8-10)14-13-15(20)11-3-1-2-4-12(11)22-16(13)17(21)19-14/h1-8,14H,(H,19,21)/t14-/m0/s1. The molecule has 1 aliphatic heterocycles. The second kappa shape index (κ2) is 4.71. The van der Waals surface area contributed by atoms with Crippen LogP contribution in [0.25, 0.3) is 11.0 Å². The molecule has 2 aromatic carbocycles. The Morgan fingerprint density at radius 1 is 1.00 bits per heavy atom. The maximum absolute atomic E-state index is 12.7. The van der Waals surface area contributed by atoms with Crippen LogP contribution in [0.5, 0.6) is 0 Å². The lowest BCUT2D eigenvalue weighted by Crippen LogP contribution is -2.21. The number of hydrogen-bond acceptors (Lipinski definition) is 3. The van der Waals surface area contributed by atoms with Gasteiger partial charge in [0.1, 0.15) is 5.58 Å². The summed E-state index contributed by atoms with van der Waals surface area (Å²) in [6.45, 7) is 0. The Labute approximate surface area is 130 Å². The van der Waals surface area contributed by atoms with E-state index >= 15 is 0 Å². The molecule has 1 aliphatic rings. The molecule has 0 fully saturated rings. The minimum absolute atomic E-state index is 0.0867. The zero-order valence-electron chi connectivity index (χ0n) is 11.3. The smallest absolute Gasteiger partial charge is 0.288 e. The number of benzene rings is 2. The summed E-state index contributed by atoms with van der Waals surface area (Å²) in [5, 5.41) is 3.86. The van der Waals surface area contributed by atoms with E-state index in [1.165, 1.54) is 0 Å². The van der Waals surface area contributed by atoms with Crippen molar-refractivity contribution >= 4 is 28.5 Å². The molecule has 2 heterocycles. The summed E-state index contributed by atoms with van der Waals surface area (Å²) in [6, 6.07) is 13.4. The highest BCUT2D eigenvalue weighted by molar-refractivity contribution is 6.30. The van der Waals surface area contributed by atoms with Crippen LogP contribution in [0.3, 0.4) is 0 Å². The first-order valence-electron chi connectivity index (χ1n) is 6.77. The summed E-state index contributed by atoms with van der Waals surface area (Å²) in [4.78, 5) is 24.9. The molecule has 22 heavy (non-hydrogen) atoms. The highest BCUT2D eigenvalue weighted by Gasteiger charge is 2.35. The van der Waals surface area contributed by atoms with Crippen molar-refractivity contribution in [2.24, 2.45) is 0 Å². The van der Waals surface area contributed by atoms with Crippen LogP contribution in [-0.2, 0) is 0 Å². The van der Waals surface area contributed by atoms with Gasteiger partial charge in [-0.2, -0.15) is 0 Å². The Morgan fingerprint density at radius 3 is 2.50 bits per heavy atom. The summed E-state index contributed by atoms with van der Waals surface area (Å²) >= 11 is 5.89. The van der Waals surface area contributed by atoms with E-state index in [1.807, 2.05) is 0 Å². The van der Waals surface area contributed by atoms with Crippen molar-refractivity contribution in [3.8, 4) is 0 Å². The molecule has 1 amide bonds. The highest BCUT2D eigenvalue weighted by Crippen LogP contribution is 2.31. The van der Waals surface area contributed by atoms with Crippen LogP contribution >= 0.6 is 11.6 Å². The molecule has 1 atom stereocenters. The maximum atomic E-state index is 12.7. The van der Waals surface area contributed by atoms with Gasteiger partial charge in [0.25, 0.3) is 5.91 Å². The lowest BCUT2D eigenvalue weighted by atomic mass is 9.99. The average Bonchev–Trinajstić information content (AvgIpc) is 2.86. The second-order valence-corrected chi connectivity index (χ2v) is 5.56. The van der Waals surface area contributed by atoms with Gasteiger partial charge in [-0.05, 0) is 29.8 Å². The predicted octanol–water partition coefficient (Wildman–Crippen LogP) is 3.28. The number of fused-ring (bicyclic) bond motifs is 2. The highest BCUT2D eigenvalue weighted by atomic mass is 35.5. The van der Waals surface area contributed by atoms with Crippen LogP contribution in [-0.4, -0.2) is 5.91 Å². The molecular weight excluding hydrogens is 302 g/mol. The van der Waals surface area contributed by atoms with E-state index in [-0.39, 0.29) is 17.1 Å². The normalized spacial score (nSPS) is 16.6. The van der Waals surface area contributed by atoms with Gasteiger partial charge in [-0.3, -0.25) is 9.59 Å². The minimum Gasteiger partial charge on any atom is -0.450 e. The molecule has 0 spiro atoms. The van der Waals surface area contributed by atoms with Crippen LogP contribution in [0.4, 0.5) is 0 Å². The second-order valence-electron chi connectivity index (χ2n) is 5.13. The van der Waals surface area contributed by atoms with Crippen molar-refractivity contribution < 1.29 is 9.21 Å². The van der Waals surface area contributed by atoms with Gasteiger partial charge >= 0.3 is 0 Å². The van der Waals surface area contributed by atoms with Crippen LogP contribution in [0.2, 0.25) is 5.02 Å². The number of nitrogens with one attached hydrogen (secondary N) is 1. The number of hydrogen-bond donors (Lipinski definition) is 1.